The molecule has 18 heavy (non-hydrogen) atoms. The van der Waals surface area contributed by atoms with Gasteiger partial charge in [0.1, 0.15) is 11.4 Å². The molecule has 0 fully saturated rings. The Bertz CT molecular complexity index is 612. The first-order valence-electron chi connectivity index (χ1n) is 5.61. The van der Waals surface area contributed by atoms with Crippen molar-refractivity contribution in [1.82, 2.24) is 14.8 Å². The van der Waals surface area contributed by atoms with Crippen molar-refractivity contribution in [3.8, 4) is 0 Å². The molecule has 0 aliphatic heterocycles. The molecule has 0 unspecified atom stereocenters. The molecule has 2 N–H and O–H groups in total. The summed E-state index contributed by atoms with van der Waals surface area (Å²) < 4.78 is 1.68. The summed E-state index contributed by atoms with van der Waals surface area (Å²) in [6.45, 7) is 3.91. The Balaban J connectivity index is 2.25. The molecule has 2 rings (SSSR count). The number of amides is 1. The van der Waals surface area contributed by atoms with Gasteiger partial charge in [0.05, 0.1) is 6.20 Å². The van der Waals surface area contributed by atoms with Crippen LogP contribution in [0.25, 0.3) is 0 Å². The first kappa shape index (κ1) is 12.1. The number of carbonyl (C=O) groups excluding carboxylic acids is 1. The molecule has 0 aliphatic carbocycles. The zero-order valence-corrected chi connectivity index (χ0v) is 10.2. The van der Waals surface area contributed by atoms with Crippen LogP contribution in [-0.4, -0.2) is 20.7 Å². The summed E-state index contributed by atoms with van der Waals surface area (Å²) in [5.74, 6) is 0.123. The van der Waals surface area contributed by atoms with Gasteiger partial charge in [-0.1, -0.05) is 0 Å². The number of anilines is 1. The van der Waals surface area contributed by atoms with Crippen molar-refractivity contribution in [2.75, 3.05) is 5.32 Å². The fourth-order valence-corrected chi connectivity index (χ4v) is 1.60. The second kappa shape index (κ2) is 4.87. The van der Waals surface area contributed by atoms with Crippen LogP contribution < -0.4 is 10.7 Å². The predicted octanol–water partition coefficient (Wildman–Crippen LogP) is 1.40. The Morgan fingerprint density at radius 3 is 2.89 bits per heavy atom. The number of carbonyl (C=O) groups is 1. The highest BCUT2D eigenvalue weighted by molar-refractivity contribution is 6.03. The van der Waals surface area contributed by atoms with E-state index in [9.17, 15) is 9.59 Å². The van der Waals surface area contributed by atoms with E-state index >= 15 is 0 Å². The molecule has 0 saturated heterocycles. The number of nitrogens with one attached hydrogen (secondary N) is 2. The zero-order chi connectivity index (χ0) is 13.1. The lowest BCUT2D eigenvalue weighted by Crippen LogP contribution is -2.22. The number of hydrogen-bond donors (Lipinski definition) is 2. The van der Waals surface area contributed by atoms with E-state index in [1.807, 2.05) is 13.8 Å². The average molecular weight is 246 g/mol. The predicted molar refractivity (Wildman–Crippen MR) is 67.6 cm³/mol. The normalized spacial score (nSPS) is 10.6. The Hall–Kier alpha value is -2.37. The van der Waals surface area contributed by atoms with Gasteiger partial charge < -0.3 is 10.3 Å². The van der Waals surface area contributed by atoms with Gasteiger partial charge in [-0.15, -0.1) is 0 Å². The molecule has 0 bridgehead atoms. The smallest absolute Gasteiger partial charge is 0.262 e. The number of nitrogens with zero attached hydrogens (tertiary/aromatic N) is 2. The number of aromatic nitrogens is 3. The van der Waals surface area contributed by atoms with Crippen LogP contribution in [0.2, 0.25) is 0 Å². The largest absolute Gasteiger partial charge is 0.367 e. The van der Waals surface area contributed by atoms with E-state index in [2.05, 4.69) is 15.4 Å². The summed E-state index contributed by atoms with van der Waals surface area (Å²) in [6.07, 6.45) is 4.47. The Morgan fingerprint density at radius 2 is 2.22 bits per heavy atom. The van der Waals surface area contributed by atoms with Crippen LogP contribution in [0, 0.1) is 0 Å². The monoisotopic (exact) mass is 246 g/mol. The first-order chi connectivity index (χ1) is 8.59. The average Bonchev–Trinajstić information content (AvgIpc) is 2.77. The molecule has 0 aliphatic rings. The fraction of sp³-hybridized carbons (Fsp3) is 0.250. The minimum atomic E-state index is -0.445. The number of rotatable bonds is 3. The highest BCUT2D eigenvalue weighted by atomic mass is 16.2. The SMILES string of the molecule is CC(C)n1nccc1NC(=O)c1c[nH]ccc1=O. The van der Waals surface area contributed by atoms with Crippen LogP contribution in [0.15, 0.2) is 35.5 Å². The van der Waals surface area contributed by atoms with Crippen LogP contribution >= 0.6 is 0 Å². The van der Waals surface area contributed by atoms with Crippen LogP contribution in [0.1, 0.15) is 30.2 Å². The molecule has 0 aromatic carbocycles. The topological polar surface area (TPSA) is 79.8 Å². The molecule has 2 heterocycles. The van der Waals surface area contributed by atoms with Crippen molar-refractivity contribution in [2.45, 2.75) is 19.9 Å². The Kier molecular flexibility index (Phi) is 3.27. The van der Waals surface area contributed by atoms with Crippen molar-refractivity contribution >= 4 is 11.7 Å². The zero-order valence-electron chi connectivity index (χ0n) is 10.2. The molecule has 0 saturated carbocycles. The van der Waals surface area contributed by atoms with Gasteiger partial charge in [0, 0.05) is 30.6 Å². The molecular formula is C12H14N4O2. The third kappa shape index (κ3) is 2.32. The van der Waals surface area contributed by atoms with E-state index in [0.717, 1.165) is 0 Å². The highest BCUT2D eigenvalue weighted by Gasteiger charge is 2.13. The first-order valence-corrected chi connectivity index (χ1v) is 5.61. The second-order valence-electron chi connectivity index (χ2n) is 4.13. The van der Waals surface area contributed by atoms with Gasteiger partial charge in [-0.25, -0.2) is 4.68 Å². The molecule has 6 heteroatoms. The van der Waals surface area contributed by atoms with E-state index in [1.165, 1.54) is 18.5 Å². The van der Waals surface area contributed by atoms with Crippen LogP contribution in [0.5, 0.6) is 0 Å². The van der Waals surface area contributed by atoms with E-state index < -0.39 is 5.91 Å². The quantitative estimate of drug-likeness (QED) is 0.859. The summed E-state index contributed by atoms with van der Waals surface area (Å²) in [5.41, 5.74) is -0.240. The van der Waals surface area contributed by atoms with Gasteiger partial charge in [-0.05, 0) is 13.8 Å². The van der Waals surface area contributed by atoms with Gasteiger partial charge in [0.25, 0.3) is 5.91 Å². The molecular weight excluding hydrogens is 232 g/mol. The third-order valence-corrected chi connectivity index (χ3v) is 2.47. The van der Waals surface area contributed by atoms with Crippen LogP contribution in [-0.2, 0) is 0 Å². The lowest BCUT2D eigenvalue weighted by molar-refractivity contribution is 0.102. The van der Waals surface area contributed by atoms with E-state index in [0.29, 0.717) is 5.82 Å². The van der Waals surface area contributed by atoms with Gasteiger partial charge >= 0.3 is 0 Å². The van der Waals surface area contributed by atoms with Gasteiger partial charge in [-0.3, -0.25) is 9.59 Å². The molecule has 2 aromatic rings. The minimum Gasteiger partial charge on any atom is -0.367 e. The maximum Gasteiger partial charge on any atom is 0.262 e. The van der Waals surface area contributed by atoms with Gasteiger partial charge in [0.2, 0.25) is 0 Å². The van der Waals surface area contributed by atoms with Crippen molar-refractivity contribution < 1.29 is 4.79 Å². The Labute approximate surface area is 104 Å². The summed E-state index contributed by atoms with van der Waals surface area (Å²) in [4.78, 5) is 26.2. The standard InChI is InChI=1S/C12H14N4O2/c1-8(2)16-11(4-6-14-16)15-12(18)9-7-13-5-3-10(9)17/h3-8H,1-2H3,(H,13,17)(H,15,18). The van der Waals surface area contributed by atoms with E-state index in [4.69, 9.17) is 0 Å². The summed E-state index contributed by atoms with van der Waals surface area (Å²) in [5, 5.41) is 6.77. The minimum absolute atomic E-state index is 0.0778. The van der Waals surface area contributed by atoms with Crippen molar-refractivity contribution in [3.05, 3.63) is 46.5 Å². The fourth-order valence-electron chi connectivity index (χ4n) is 1.60. The van der Waals surface area contributed by atoms with E-state index in [1.54, 1.807) is 16.9 Å². The number of pyridine rings is 1. The Morgan fingerprint density at radius 1 is 1.44 bits per heavy atom. The molecule has 0 spiro atoms. The lowest BCUT2D eigenvalue weighted by Gasteiger charge is -2.11. The molecule has 94 valence electrons. The van der Waals surface area contributed by atoms with Crippen LogP contribution in [0.4, 0.5) is 5.82 Å². The third-order valence-electron chi connectivity index (χ3n) is 2.47. The number of H-pyrrole nitrogens is 1. The summed E-state index contributed by atoms with van der Waals surface area (Å²) in [6, 6.07) is 3.13. The van der Waals surface area contributed by atoms with Crippen LogP contribution in [0.3, 0.4) is 0 Å². The molecule has 0 radical (unpaired) electrons. The number of aromatic amines is 1. The van der Waals surface area contributed by atoms with Crippen molar-refractivity contribution in [1.29, 1.82) is 0 Å². The van der Waals surface area contributed by atoms with Gasteiger partial charge in [-0.2, -0.15) is 5.10 Å². The number of hydrogen-bond acceptors (Lipinski definition) is 3. The maximum atomic E-state index is 11.9. The molecule has 6 nitrogen and oxygen atoms in total. The maximum absolute atomic E-state index is 11.9. The van der Waals surface area contributed by atoms with E-state index in [-0.39, 0.29) is 17.0 Å². The van der Waals surface area contributed by atoms with Crippen molar-refractivity contribution in [3.63, 3.8) is 0 Å². The highest BCUT2D eigenvalue weighted by Crippen LogP contribution is 2.13. The van der Waals surface area contributed by atoms with Gasteiger partial charge in [0.15, 0.2) is 5.43 Å². The lowest BCUT2D eigenvalue weighted by atomic mass is 10.2. The summed E-state index contributed by atoms with van der Waals surface area (Å²) >= 11 is 0. The van der Waals surface area contributed by atoms with Crippen molar-refractivity contribution in [2.24, 2.45) is 0 Å². The molecule has 1 amide bonds. The summed E-state index contributed by atoms with van der Waals surface area (Å²) in [7, 11) is 0. The second-order valence-corrected chi connectivity index (χ2v) is 4.13. The molecule has 0 atom stereocenters. The molecule has 2 aromatic heterocycles.